The van der Waals surface area contributed by atoms with Crippen LogP contribution in [0.5, 0.6) is 0 Å². The normalized spacial score (nSPS) is 10.7. The first kappa shape index (κ1) is 17.0. The van der Waals surface area contributed by atoms with Crippen LogP contribution in [0, 0.1) is 20.8 Å². The molecule has 0 spiro atoms. The van der Waals surface area contributed by atoms with Gasteiger partial charge in [0.25, 0.3) is 5.91 Å². The number of carbonyl (C=O) groups excluding carboxylic acids is 2. The third-order valence-electron chi connectivity index (χ3n) is 3.55. The van der Waals surface area contributed by atoms with E-state index in [0.717, 1.165) is 4.88 Å². The maximum absolute atomic E-state index is 12.1. The summed E-state index contributed by atoms with van der Waals surface area (Å²) in [5, 5.41) is 1.93. The van der Waals surface area contributed by atoms with E-state index in [1.165, 1.54) is 11.3 Å². The lowest BCUT2D eigenvalue weighted by Crippen LogP contribution is -2.42. The third kappa shape index (κ3) is 3.80. The number of oxazole rings is 1. The number of carbonyl (C=O) groups is 2. The van der Waals surface area contributed by atoms with Gasteiger partial charge in [0.2, 0.25) is 11.8 Å². The summed E-state index contributed by atoms with van der Waals surface area (Å²) in [5.74, 6) is 1.37. The topological polar surface area (TPSA) is 97.4 Å². The molecule has 0 aliphatic carbocycles. The van der Waals surface area contributed by atoms with Crippen molar-refractivity contribution in [1.82, 2.24) is 15.8 Å². The number of hydrogen-bond acceptors (Lipinski definition) is 6. The van der Waals surface area contributed by atoms with Gasteiger partial charge in [-0.25, -0.2) is 4.98 Å². The molecule has 3 aromatic rings. The van der Waals surface area contributed by atoms with Crippen molar-refractivity contribution in [3.63, 3.8) is 0 Å². The minimum atomic E-state index is -0.432. The van der Waals surface area contributed by atoms with Gasteiger partial charge in [-0.05, 0) is 38.3 Å². The van der Waals surface area contributed by atoms with E-state index < -0.39 is 5.91 Å². The Labute approximate surface area is 148 Å². The molecule has 3 rings (SSSR count). The molecule has 0 aromatic carbocycles. The fraction of sp³-hybridized carbons (Fsp3) is 0.235. The molecule has 2 amide bonds. The summed E-state index contributed by atoms with van der Waals surface area (Å²) in [7, 11) is 0. The molecule has 2 N–H and O–H groups in total. The highest BCUT2D eigenvalue weighted by Crippen LogP contribution is 2.26. The van der Waals surface area contributed by atoms with Gasteiger partial charge >= 0.3 is 0 Å². The predicted octanol–water partition coefficient (Wildman–Crippen LogP) is 2.93. The van der Waals surface area contributed by atoms with Gasteiger partial charge in [0.15, 0.2) is 0 Å². The van der Waals surface area contributed by atoms with Gasteiger partial charge in [-0.1, -0.05) is 6.07 Å². The van der Waals surface area contributed by atoms with Crippen LogP contribution in [0.1, 0.15) is 33.3 Å². The lowest BCUT2D eigenvalue weighted by atomic mass is 10.2. The van der Waals surface area contributed by atoms with Crippen molar-refractivity contribution in [3.05, 3.63) is 52.1 Å². The number of rotatable bonds is 4. The molecule has 0 atom stereocenters. The van der Waals surface area contributed by atoms with E-state index in [4.69, 9.17) is 8.83 Å². The van der Waals surface area contributed by atoms with Crippen LogP contribution >= 0.6 is 11.3 Å². The molecule has 130 valence electrons. The Hall–Kier alpha value is -2.87. The highest BCUT2D eigenvalue weighted by Gasteiger charge is 2.17. The van der Waals surface area contributed by atoms with Gasteiger partial charge in [0, 0.05) is 0 Å². The number of hydrogen-bond donors (Lipinski definition) is 2. The quantitative estimate of drug-likeness (QED) is 0.698. The summed E-state index contributed by atoms with van der Waals surface area (Å²) in [4.78, 5) is 29.3. The molecule has 3 heterocycles. The van der Waals surface area contributed by atoms with E-state index in [0.29, 0.717) is 34.4 Å². The molecule has 3 aromatic heterocycles. The minimum absolute atomic E-state index is 0.00435. The molecule has 0 saturated carbocycles. The molecule has 7 nitrogen and oxygen atoms in total. The fourth-order valence-electron chi connectivity index (χ4n) is 2.34. The summed E-state index contributed by atoms with van der Waals surface area (Å²) in [5.41, 5.74) is 5.67. The average molecular weight is 359 g/mol. The van der Waals surface area contributed by atoms with Crippen molar-refractivity contribution >= 4 is 23.2 Å². The summed E-state index contributed by atoms with van der Waals surface area (Å²) in [6.45, 7) is 5.19. The molecular formula is C17H17N3O4S. The number of nitrogens with one attached hydrogen (secondary N) is 2. The summed E-state index contributed by atoms with van der Waals surface area (Å²) >= 11 is 1.51. The number of furan rings is 1. The van der Waals surface area contributed by atoms with Crippen LogP contribution in [0.4, 0.5) is 0 Å². The van der Waals surface area contributed by atoms with Gasteiger partial charge in [-0.3, -0.25) is 20.4 Å². The summed E-state index contributed by atoms with van der Waals surface area (Å²) in [6.07, 6.45) is 0.00435. The Kier molecular flexibility index (Phi) is 4.71. The molecule has 0 radical (unpaired) electrons. The van der Waals surface area contributed by atoms with Crippen molar-refractivity contribution in [2.45, 2.75) is 27.2 Å². The maximum Gasteiger partial charge on any atom is 0.273 e. The second-order valence-electron chi connectivity index (χ2n) is 5.51. The van der Waals surface area contributed by atoms with Gasteiger partial charge < -0.3 is 8.83 Å². The standard InChI is InChI=1S/C17H17N3O4S/c1-9-7-12(10(2)23-9)16(22)20-19-15(21)8-13-11(3)24-17(18-13)14-5-4-6-25-14/h4-7H,8H2,1-3H3,(H,19,21)(H,20,22). The molecule has 0 aliphatic rings. The first-order valence-corrected chi connectivity index (χ1v) is 8.48. The molecule has 0 aliphatic heterocycles. The number of aryl methyl sites for hydroxylation is 3. The number of aromatic nitrogens is 1. The van der Waals surface area contributed by atoms with Gasteiger partial charge in [-0.15, -0.1) is 11.3 Å². The largest absolute Gasteiger partial charge is 0.466 e. The number of hydrazine groups is 1. The lowest BCUT2D eigenvalue weighted by molar-refractivity contribution is -0.121. The molecule has 0 unspecified atom stereocenters. The van der Waals surface area contributed by atoms with E-state index >= 15 is 0 Å². The van der Waals surface area contributed by atoms with Crippen molar-refractivity contribution in [1.29, 1.82) is 0 Å². The Morgan fingerprint density at radius 3 is 2.60 bits per heavy atom. The van der Waals surface area contributed by atoms with E-state index in [1.807, 2.05) is 17.5 Å². The Morgan fingerprint density at radius 2 is 1.96 bits per heavy atom. The molecule has 0 saturated heterocycles. The molecule has 25 heavy (non-hydrogen) atoms. The smallest absolute Gasteiger partial charge is 0.273 e. The van der Waals surface area contributed by atoms with Crippen molar-refractivity contribution in [2.24, 2.45) is 0 Å². The zero-order valence-corrected chi connectivity index (χ0v) is 14.8. The van der Waals surface area contributed by atoms with Crippen LogP contribution in [-0.4, -0.2) is 16.8 Å². The highest BCUT2D eigenvalue weighted by atomic mass is 32.1. The van der Waals surface area contributed by atoms with Crippen LogP contribution in [0.3, 0.4) is 0 Å². The highest BCUT2D eigenvalue weighted by molar-refractivity contribution is 7.13. The summed E-state index contributed by atoms with van der Waals surface area (Å²) < 4.78 is 10.9. The monoisotopic (exact) mass is 359 g/mol. The minimum Gasteiger partial charge on any atom is -0.466 e. The van der Waals surface area contributed by atoms with E-state index in [2.05, 4.69) is 15.8 Å². The molecule has 0 bridgehead atoms. The second-order valence-corrected chi connectivity index (χ2v) is 6.45. The number of thiophene rings is 1. The SMILES string of the molecule is Cc1cc(C(=O)NNC(=O)Cc2nc(-c3cccs3)oc2C)c(C)o1. The van der Waals surface area contributed by atoms with Gasteiger partial charge in [-0.2, -0.15) is 0 Å². The molecular weight excluding hydrogens is 342 g/mol. The Bertz CT molecular complexity index is 909. The maximum atomic E-state index is 12.1. The van der Waals surface area contributed by atoms with Crippen LogP contribution in [0.2, 0.25) is 0 Å². The summed E-state index contributed by atoms with van der Waals surface area (Å²) in [6, 6.07) is 5.42. The third-order valence-corrected chi connectivity index (χ3v) is 4.41. The molecule has 0 fully saturated rings. The zero-order valence-electron chi connectivity index (χ0n) is 14.0. The average Bonchev–Trinajstić information content (AvgIpc) is 3.27. The van der Waals surface area contributed by atoms with E-state index in [1.54, 1.807) is 26.8 Å². The first-order valence-electron chi connectivity index (χ1n) is 7.60. The van der Waals surface area contributed by atoms with Crippen LogP contribution in [0.15, 0.2) is 32.4 Å². The Morgan fingerprint density at radius 1 is 1.16 bits per heavy atom. The zero-order chi connectivity index (χ0) is 18.0. The van der Waals surface area contributed by atoms with Crippen LogP contribution in [-0.2, 0) is 11.2 Å². The van der Waals surface area contributed by atoms with Gasteiger partial charge in [0.1, 0.15) is 17.3 Å². The van der Waals surface area contributed by atoms with E-state index in [9.17, 15) is 9.59 Å². The van der Waals surface area contributed by atoms with Crippen LogP contribution in [0.25, 0.3) is 10.8 Å². The van der Waals surface area contributed by atoms with Crippen molar-refractivity contribution in [3.8, 4) is 10.8 Å². The number of nitrogens with zero attached hydrogens (tertiary/aromatic N) is 1. The van der Waals surface area contributed by atoms with E-state index in [-0.39, 0.29) is 12.3 Å². The second kappa shape index (κ2) is 6.94. The first-order chi connectivity index (χ1) is 11.9. The fourth-order valence-corrected chi connectivity index (χ4v) is 2.99. The lowest BCUT2D eigenvalue weighted by Gasteiger charge is -2.05. The Balaban J connectivity index is 1.60. The van der Waals surface area contributed by atoms with Gasteiger partial charge in [0.05, 0.1) is 22.6 Å². The number of amides is 2. The predicted molar refractivity (Wildman–Crippen MR) is 92.0 cm³/mol. The van der Waals surface area contributed by atoms with Crippen molar-refractivity contribution < 1.29 is 18.4 Å². The van der Waals surface area contributed by atoms with Crippen molar-refractivity contribution in [2.75, 3.05) is 0 Å². The molecule has 8 heteroatoms. The van der Waals surface area contributed by atoms with Crippen LogP contribution < -0.4 is 10.9 Å².